The predicted octanol–water partition coefficient (Wildman–Crippen LogP) is 2.82. The first-order valence-electron chi connectivity index (χ1n) is 9.94. The number of pyridine rings is 2. The van der Waals surface area contributed by atoms with Crippen LogP contribution in [-0.2, 0) is 0 Å². The summed E-state index contributed by atoms with van der Waals surface area (Å²) in [7, 11) is 0. The summed E-state index contributed by atoms with van der Waals surface area (Å²) >= 11 is 0. The summed E-state index contributed by atoms with van der Waals surface area (Å²) in [4.78, 5) is 28.7. The van der Waals surface area contributed by atoms with Gasteiger partial charge in [-0.05, 0) is 42.5 Å². The van der Waals surface area contributed by atoms with Gasteiger partial charge in [-0.25, -0.2) is 19.2 Å². The molecule has 5 rings (SSSR count). The Hall–Kier alpha value is -4.01. The normalized spacial score (nSPS) is 14.2. The Balaban J connectivity index is 1.49. The number of benzene rings is 1. The van der Waals surface area contributed by atoms with Crippen molar-refractivity contribution in [1.82, 2.24) is 24.4 Å². The van der Waals surface area contributed by atoms with Crippen LogP contribution in [0.1, 0.15) is 0 Å². The Bertz CT molecular complexity index is 1230. The van der Waals surface area contributed by atoms with Crippen LogP contribution in [0.5, 0.6) is 0 Å². The summed E-state index contributed by atoms with van der Waals surface area (Å²) in [5, 5.41) is 0. The molecule has 0 aliphatic carbocycles. The maximum absolute atomic E-state index is 13.5. The van der Waals surface area contributed by atoms with E-state index in [1.54, 1.807) is 35.6 Å². The Kier molecular flexibility index (Phi) is 4.70. The van der Waals surface area contributed by atoms with Gasteiger partial charge < -0.3 is 15.5 Å². The SMILES string of the molecule is NC(=O)N1CCN(c2ccc(-c3nc4ccncc4n3-c3ccc(F)cc3)cn2)CC1. The Morgan fingerprint density at radius 1 is 0.968 bits per heavy atom. The summed E-state index contributed by atoms with van der Waals surface area (Å²) in [6.07, 6.45) is 5.22. The Morgan fingerprint density at radius 3 is 2.42 bits per heavy atom. The van der Waals surface area contributed by atoms with E-state index in [4.69, 9.17) is 10.7 Å². The van der Waals surface area contributed by atoms with Crippen molar-refractivity contribution < 1.29 is 9.18 Å². The molecule has 156 valence electrons. The highest BCUT2D eigenvalue weighted by atomic mass is 19.1. The number of rotatable bonds is 3. The second-order valence-corrected chi connectivity index (χ2v) is 7.33. The molecule has 1 aromatic carbocycles. The largest absolute Gasteiger partial charge is 0.353 e. The Labute approximate surface area is 177 Å². The summed E-state index contributed by atoms with van der Waals surface area (Å²) in [6.45, 7) is 2.50. The van der Waals surface area contributed by atoms with Crippen LogP contribution >= 0.6 is 0 Å². The third kappa shape index (κ3) is 3.54. The highest BCUT2D eigenvalue weighted by molar-refractivity contribution is 5.82. The van der Waals surface area contributed by atoms with E-state index >= 15 is 0 Å². The highest BCUT2D eigenvalue weighted by Gasteiger charge is 2.21. The molecule has 0 spiro atoms. The van der Waals surface area contributed by atoms with Crippen LogP contribution in [0.2, 0.25) is 0 Å². The van der Waals surface area contributed by atoms with E-state index in [2.05, 4.69) is 14.9 Å². The lowest BCUT2D eigenvalue weighted by Gasteiger charge is -2.34. The minimum absolute atomic E-state index is 0.296. The third-order valence-electron chi connectivity index (χ3n) is 5.46. The van der Waals surface area contributed by atoms with Crippen molar-refractivity contribution in [2.75, 3.05) is 31.1 Å². The number of carbonyl (C=O) groups excluding carboxylic acids is 1. The van der Waals surface area contributed by atoms with Gasteiger partial charge in [0.05, 0.1) is 17.2 Å². The number of anilines is 1. The summed E-state index contributed by atoms with van der Waals surface area (Å²) in [5.74, 6) is 1.24. The molecule has 3 aromatic heterocycles. The van der Waals surface area contributed by atoms with E-state index in [9.17, 15) is 9.18 Å². The highest BCUT2D eigenvalue weighted by Crippen LogP contribution is 2.29. The van der Waals surface area contributed by atoms with Gasteiger partial charge in [-0.1, -0.05) is 0 Å². The topological polar surface area (TPSA) is 93.2 Å². The number of carbonyl (C=O) groups is 1. The van der Waals surface area contributed by atoms with E-state index in [-0.39, 0.29) is 5.82 Å². The lowest BCUT2D eigenvalue weighted by Crippen LogP contribution is -2.50. The number of fused-ring (bicyclic) bond motifs is 1. The number of hydrogen-bond donors (Lipinski definition) is 1. The first-order chi connectivity index (χ1) is 15.1. The number of nitrogens with two attached hydrogens (primary N) is 1. The van der Waals surface area contributed by atoms with Crippen molar-refractivity contribution in [3.05, 3.63) is 66.9 Å². The molecule has 0 saturated carbocycles. The van der Waals surface area contributed by atoms with Crippen LogP contribution in [0.15, 0.2) is 61.1 Å². The summed E-state index contributed by atoms with van der Waals surface area (Å²) < 4.78 is 15.4. The Morgan fingerprint density at radius 2 is 1.74 bits per heavy atom. The van der Waals surface area contributed by atoms with Crippen LogP contribution < -0.4 is 10.6 Å². The standard InChI is InChI=1S/C22H20FN7O/c23-16-2-4-17(5-3-16)30-19-14-25-8-7-18(19)27-21(30)15-1-6-20(26-13-15)28-9-11-29(12-10-28)22(24)31/h1-8,13-14H,9-12H2,(H2,24,31). The van der Waals surface area contributed by atoms with Gasteiger partial charge in [0.2, 0.25) is 0 Å². The molecule has 1 saturated heterocycles. The van der Waals surface area contributed by atoms with Crippen molar-refractivity contribution in [2.24, 2.45) is 5.73 Å². The van der Waals surface area contributed by atoms with Crippen molar-refractivity contribution >= 4 is 22.9 Å². The van der Waals surface area contributed by atoms with Crippen LogP contribution in [-0.4, -0.2) is 56.6 Å². The maximum Gasteiger partial charge on any atom is 0.314 e. The minimum atomic E-state index is -0.392. The second-order valence-electron chi connectivity index (χ2n) is 7.33. The van der Waals surface area contributed by atoms with Crippen molar-refractivity contribution in [3.8, 4) is 17.1 Å². The number of primary amides is 1. The van der Waals surface area contributed by atoms with Crippen molar-refractivity contribution in [1.29, 1.82) is 0 Å². The van der Waals surface area contributed by atoms with Gasteiger partial charge >= 0.3 is 6.03 Å². The first kappa shape index (κ1) is 19.0. The molecular formula is C22H20FN7O. The zero-order valence-electron chi connectivity index (χ0n) is 16.6. The minimum Gasteiger partial charge on any atom is -0.353 e. The molecular weight excluding hydrogens is 397 g/mol. The number of halogens is 1. The number of hydrogen-bond acceptors (Lipinski definition) is 5. The molecule has 0 unspecified atom stereocenters. The molecule has 0 radical (unpaired) electrons. The second kappa shape index (κ2) is 7.67. The van der Waals surface area contributed by atoms with Gasteiger partial charge in [-0.2, -0.15) is 0 Å². The van der Waals surface area contributed by atoms with Crippen LogP contribution in [0.3, 0.4) is 0 Å². The molecule has 0 atom stereocenters. The number of imidazole rings is 1. The fourth-order valence-electron chi connectivity index (χ4n) is 3.83. The number of piperazine rings is 1. The molecule has 1 aliphatic rings. The average Bonchev–Trinajstić information content (AvgIpc) is 3.19. The van der Waals surface area contributed by atoms with Gasteiger partial charge in [-0.3, -0.25) is 9.55 Å². The first-order valence-corrected chi connectivity index (χ1v) is 9.94. The van der Waals surface area contributed by atoms with Crippen molar-refractivity contribution in [3.63, 3.8) is 0 Å². The summed E-state index contributed by atoms with van der Waals surface area (Å²) in [6, 6.07) is 11.7. The zero-order valence-corrected chi connectivity index (χ0v) is 16.6. The predicted molar refractivity (Wildman–Crippen MR) is 115 cm³/mol. The molecule has 2 amide bonds. The van der Waals surface area contributed by atoms with E-state index in [0.29, 0.717) is 32.0 Å². The van der Waals surface area contributed by atoms with E-state index in [1.807, 2.05) is 22.8 Å². The van der Waals surface area contributed by atoms with Gasteiger partial charge in [0, 0.05) is 49.8 Å². The molecule has 2 N–H and O–H groups in total. The number of amides is 2. The van der Waals surface area contributed by atoms with Gasteiger partial charge in [0.1, 0.15) is 17.5 Å². The molecule has 1 aliphatic heterocycles. The van der Waals surface area contributed by atoms with E-state index < -0.39 is 6.03 Å². The zero-order chi connectivity index (χ0) is 21.4. The smallest absolute Gasteiger partial charge is 0.314 e. The van der Waals surface area contributed by atoms with E-state index in [1.165, 1.54) is 12.1 Å². The lowest BCUT2D eigenvalue weighted by molar-refractivity contribution is 0.204. The van der Waals surface area contributed by atoms with Gasteiger partial charge in [-0.15, -0.1) is 0 Å². The van der Waals surface area contributed by atoms with Crippen LogP contribution in [0, 0.1) is 5.82 Å². The van der Waals surface area contributed by atoms with Crippen LogP contribution in [0.25, 0.3) is 28.1 Å². The third-order valence-corrected chi connectivity index (χ3v) is 5.46. The van der Waals surface area contributed by atoms with Gasteiger partial charge in [0.15, 0.2) is 0 Å². The summed E-state index contributed by atoms with van der Waals surface area (Å²) in [5.41, 5.74) is 8.60. The maximum atomic E-state index is 13.5. The molecule has 0 bridgehead atoms. The molecule has 4 aromatic rings. The monoisotopic (exact) mass is 417 g/mol. The van der Waals surface area contributed by atoms with Crippen LogP contribution in [0.4, 0.5) is 15.0 Å². The molecule has 31 heavy (non-hydrogen) atoms. The molecule has 4 heterocycles. The van der Waals surface area contributed by atoms with Gasteiger partial charge in [0.25, 0.3) is 0 Å². The molecule has 1 fully saturated rings. The number of aromatic nitrogens is 4. The fraction of sp³-hybridized carbons (Fsp3) is 0.182. The lowest BCUT2D eigenvalue weighted by atomic mass is 10.2. The fourth-order valence-corrected chi connectivity index (χ4v) is 3.83. The number of urea groups is 1. The molecule has 9 heteroatoms. The van der Waals surface area contributed by atoms with E-state index in [0.717, 1.165) is 28.1 Å². The van der Waals surface area contributed by atoms with Crippen molar-refractivity contribution in [2.45, 2.75) is 0 Å². The number of nitrogens with zero attached hydrogens (tertiary/aromatic N) is 6. The average molecular weight is 417 g/mol. The quantitative estimate of drug-likeness (QED) is 0.553. The molecule has 8 nitrogen and oxygen atoms in total.